The number of imide groups is 1. The summed E-state index contributed by atoms with van der Waals surface area (Å²) in [5, 5.41) is 27.8. The number of carboxylic acid groups (broad SMARTS) is 2. The number of amides is 4. The Bertz CT molecular complexity index is 3080. The van der Waals surface area contributed by atoms with Crippen molar-refractivity contribution in [1.29, 1.82) is 0 Å². The Morgan fingerprint density at radius 3 is 2.41 bits per heavy atom. The molecule has 0 bridgehead atoms. The van der Waals surface area contributed by atoms with E-state index in [2.05, 4.69) is 16.0 Å². The van der Waals surface area contributed by atoms with Crippen molar-refractivity contribution >= 4 is 85.0 Å². The third kappa shape index (κ3) is 10.3. The highest BCUT2D eigenvalue weighted by Crippen LogP contribution is 2.47. The van der Waals surface area contributed by atoms with Crippen LogP contribution in [0.3, 0.4) is 0 Å². The van der Waals surface area contributed by atoms with E-state index in [0.717, 1.165) is 10.9 Å². The lowest BCUT2D eigenvalue weighted by Crippen LogP contribution is -2.55. The van der Waals surface area contributed by atoms with Crippen molar-refractivity contribution in [2.75, 3.05) is 36.9 Å². The van der Waals surface area contributed by atoms with Gasteiger partial charge < -0.3 is 35.1 Å². The summed E-state index contributed by atoms with van der Waals surface area (Å²) in [5.74, 6) is -5.42. The molecule has 5 aromatic rings. The van der Waals surface area contributed by atoms with E-state index in [9.17, 15) is 42.3 Å². The number of fused-ring (bicyclic) bond motifs is 1. The van der Waals surface area contributed by atoms with E-state index in [1.807, 2.05) is 18.2 Å². The third-order valence-electron chi connectivity index (χ3n) is 13.1. The van der Waals surface area contributed by atoms with E-state index in [1.54, 1.807) is 60.7 Å². The van der Waals surface area contributed by atoms with Crippen molar-refractivity contribution < 1.29 is 51.7 Å². The summed E-state index contributed by atoms with van der Waals surface area (Å²) >= 11 is 7.08. The van der Waals surface area contributed by atoms with Crippen molar-refractivity contribution in [3.8, 4) is 16.2 Å². The fourth-order valence-corrected chi connectivity index (χ4v) is 13.1. The number of ether oxygens (including phenoxy) is 1. The van der Waals surface area contributed by atoms with Gasteiger partial charge >= 0.3 is 18.0 Å². The van der Waals surface area contributed by atoms with Crippen LogP contribution in [0.15, 0.2) is 71.5 Å². The van der Waals surface area contributed by atoms with Gasteiger partial charge in [0.1, 0.15) is 5.02 Å². The Labute approximate surface area is 405 Å². The lowest BCUT2D eigenvalue weighted by molar-refractivity contribution is -0.139. The van der Waals surface area contributed by atoms with Crippen molar-refractivity contribution in [3.05, 3.63) is 109 Å². The summed E-state index contributed by atoms with van der Waals surface area (Å²) in [7, 11) is -2.21. The van der Waals surface area contributed by atoms with Crippen molar-refractivity contribution in [2.24, 2.45) is 7.05 Å². The molecule has 17 nitrogen and oxygen atoms in total. The zero-order valence-corrected chi connectivity index (χ0v) is 40.2. The number of carboxylic acids is 2. The predicted molar refractivity (Wildman–Crippen MR) is 258 cm³/mol. The lowest BCUT2D eigenvalue weighted by atomic mass is 9.85. The number of likely N-dealkylation sites (tertiary alicyclic amines) is 1. The van der Waals surface area contributed by atoms with Gasteiger partial charge in [-0.1, -0.05) is 48.0 Å². The number of carbonyl (C=O) groups excluding carboxylic acids is 3. The standard InChI is InChI=1S/C48H50ClFN6O11S2/c1-48(2)23-30(51-35-9-5-8-33(41(35)50)43-40(49)42(67-24-39(59)60)44(68-43)46(62)63)16-19-56(48)69(65,66)25-26-6-4-7-29(20-26)52-47(64)55-17-14-27(15-18-55)28-10-11-31-34(22-38(58)54(3)36(31)21-28)32-12-13-37(57)53-45(32)61/h4-11,20-22,27,30,32,51H,12-19,23-25H2,1-3H3,(H,52,64)(H,59,60)(H,62,63)(H,53,57,61). The first-order valence-electron chi connectivity index (χ1n) is 22.3. The molecular weight excluding hydrogens is 955 g/mol. The first-order valence-corrected chi connectivity index (χ1v) is 25.1. The molecule has 5 heterocycles. The number of rotatable bonds is 13. The van der Waals surface area contributed by atoms with Crippen LogP contribution in [0.1, 0.15) is 90.6 Å². The monoisotopic (exact) mass is 1000 g/mol. The number of sulfonamides is 1. The van der Waals surface area contributed by atoms with Gasteiger partial charge in [-0.3, -0.25) is 19.7 Å². The summed E-state index contributed by atoms with van der Waals surface area (Å²) < 4.78 is 52.4. The molecule has 3 fully saturated rings. The largest absolute Gasteiger partial charge is 0.479 e. The van der Waals surface area contributed by atoms with Crippen LogP contribution < -0.4 is 26.2 Å². The average Bonchev–Trinajstić information content (AvgIpc) is 3.62. The fourth-order valence-electron chi connectivity index (χ4n) is 9.71. The summed E-state index contributed by atoms with van der Waals surface area (Å²) in [6, 6.07) is 17.9. The van der Waals surface area contributed by atoms with Crippen LogP contribution in [-0.4, -0.2) is 100 Å². The number of hydrogen-bond donors (Lipinski definition) is 5. The normalized spacial score (nSPS) is 19.0. The van der Waals surface area contributed by atoms with Crippen molar-refractivity contribution in [3.63, 3.8) is 0 Å². The predicted octanol–water partition coefficient (Wildman–Crippen LogP) is 7.34. The van der Waals surface area contributed by atoms with Gasteiger partial charge in [0.2, 0.25) is 21.8 Å². The minimum Gasteiger partial charge on any atom is -0.479 e. The molecule has 0 aliphatic carbocycles. The highest BCUT2D eigenvalue weighted by atomic mass is 35.5. The maximum atomic E-state index is 16.1. The van der Waals surface area contributed by atoms with Crippen molar-refractivity contribution in [1.82, 2.24) is 19.1 Å². The quantitative estimate of drug-likeness (QED) is 0.0730. The highest BCUT2D eigenvalue weighted by Gasteiger charge is 2.42. The smallest absolute Gasteiger partial charge is 0.349 e. The number of hydrogen-bond acceptors (Lipinski definition) is 11. The number of thiophene rings is 1. The molecule has 5 N–H and O–H groups in total. The van der Waals surface area contributed by atoms with Crippen LogP contribution >= 0.6 is 22.9 Å². The number of benzene rings is 3. The van der Waals surface area contributed by atoms with Gasteiger partial charge in [0, 0.05) is 67.4 Å². The minimum atomic E-state index is -3.90. The molecule has 2 unspecified atom stereocenters. The number of aryl methyl sites for hydroxylation is 1. The number of aromatic nitrogens is 1. The highest BCUT2D eigenvalue weighted by molar-refractivity contribution is 7.88. The second-order valence-corrected chi connectivity index (χ2v) is 21.5. The molecule has 0 spiro atoms. The van der Waals surface area contributed by atoms with E-state index in [0.29, 0.717) is 78.9 Å². The Morgan fingerprint density at radius 2 is 1.71 bits per heavy atom. The molecule has 69 heavy (non-hydrogen) atoms. The zero-order valence-electron chi connectivity index (χ0n) is 37.8. The molecular formula is C48H50ClFN6O11S2. The molecule has 3 saturated heterocycles. The van der Waals surface area contributed by atoms with Crippen molar-refractivity contribution in [2.45, 2.75) is 81.5 Å². The Hall–Kier alpha value is -6.35. The van der Waals surface area contributed by atoms with Gasteiger partial charge in [0.05, 0.1) is 27.8 Å². The molecule has 2 aromatic heterocycles. The molecule has 3 aliphatic rings. The number of pyridine rings is 1. The van der Waals surface area contributed by atoms with Gasteiger partial charge in [-0.05, 0) is 92.8 Å². The van der Waals surface area contributed by atoms with Gasteiger partial charge in [0.25, 0.3) is 5.56 Å². The molecule has 8 rings (SSSR count). The molecule has 0 radical (unpaired) electrons. The Morgan fingerprint density at radius 1 is 0.971 bits per heavy atom. The number of carbonyl (C=O) groups is 5. The zero-order chi connectivity index (χ0) is 49.5. The number of urea groups is 1. The second kappa shape index (κ2) is 19.6. The molecule has 364 valence electrons. The van der Waals surface area contributed by atoms with Crippen LogP contribution in [0, 0.1) is 5.82 Å². The van der Waals surface area contributed by atoms with Gasteiger partial charge in [-0.25, -0.2) is 27.2 Å². The molecule has 2 atom stereocenters. The lowest BCUT2D eigenvalue weighted by Gasteiger charge is -2.45. The SMILES string of the molecule is Cn1c(=O)cc(C2CCC(=O)NC2=O)c2ccc(C3CCN(C(=O)Nc4cccc(CS(=O)(=O)N5CCC(Nc6cccc(-c7sc(C(=O)O)c(OCC(=O)O)c7Cl)c6F)CC5(C)C)c4)CC3)cc21. The second-order valence-electron chi connectivity index (χ2n) is 18.2. The molecule has 3 aromatic carbocycles. The number of nitrogens with zero attached hydrogens (tertiary/aromatic N) is 3. The topological polar surface area (TPSA) is 234 Å². The Balaban J connectivity index is 0.873. The van der Waals surface area contributed by atoms with E-state index in [-0.39, 0.29) is 80.0 Å². The molecule has 0 saturated carbocycles. The minimum absolute atomic E-state index is 0.0246. The fraction of sp³-hybridized carbons (Fsp3) is 0.375. The number of aliphatic carboxylic acids is 1. The molecule has 4 amide bonds. The van der Waals surface area contributed by atoms with Crippen LogP contribution in [0.2, 0.25) is 5.02 Å². The molecule has 21 heteroatoms. The summed E-state index contributed by atoms with van der Waals surface area (Å²) in [6.07, 6.45) is 2.50. The van der Waals surface area contributed by atoms with Crippen LogP contribution in [0.5, 0.6) is 5.75 Å². The van der Waals surface area contributed by atoms with Gasteiger partial charge in [0.15, 0.2) is 23.1 Å². The van der Waals surface area contributed by atoms with E-state index < -0.39 is 51.8 Å². The Kier molecular flexibility index (Phi) is 13.9. The number of nitrogens with one attached hydrogen (secondary N) is 3. The average molecular weight is 1010 g/mol. The number of piperidine rings is 3. The number of aromatic carboxylic acids is 1. The van der Waals surface area contributed by atoms with Crippen LogP contribution in [0.4, 0.5) is 20.6 Å². The van der Waals surface area contributed by atoms with E-state index in [1.165, 1.54) is 22.5 Å². The van der Waals surface area contributed by atoms with Crippen LogP contribution in [0.25, 0.3) is 21.3 Å². The van der Waals surface area contributed by atoms with Gasteiger partial charge in [-0.2, -0.15) is 4.31 Å². The maximum Gasteiger partial charge on any atom is 0.349 e. The van der Waals surface area contributed by atoms with Crippen LogP contribution in [-0.2, 0) is 37.2 Å². The third-order valence-corrected chi connectivity index (χ3v) is 16.8. The first kappa shape index (κ1) is 49.1. The first-order chi connectivity index (χ1) is 32.7. The van der Waals surface area contributed by atoms with E-state index in [4.69, 9.17) is 21.4 Å². The molecule has 3 aliphatic heterocycles. The number of halogens is 2. The summed E-state index contributed by atoms with van der Waals surface area (Å²) in [6.45, 7) is 3.79. The summed E-state index contributed by atoms with van der Waals surface area (Å²) in [5.41, 5.74) is 2.13. The maximum absolute atomic E-state index is 16.1. The number of anilines is 2. The van der Waals surface area contributed by atoms with Gasteiger partial charge in [-0.15, -0.1) is 11.3 Å². The van der Waals surface area contributed by atoms with E-state index >= 15 is 4.39 Å². The summed E-state index contributed by atoms with van der Waals surface area (Å²) in [4.78, 5) is 75.4.